The molecule has 5 nitrogen and oxygen atoms in total. The van der Waals surface area contributed by atoms with Gasteiger partial charge < -0.3 is 10.0 Å². The first-order valence-corrected chi connectivity index (χ1v) is 9.25. The summed E-state index contributed by atoms with van der Waals surface area (Å²) in [4.78, 5) is 38.1. The van der Waals surface area contributed by atoms with Crippen LogP contribution in [-0.2, 0) is 9.59 Å². The summed E-state index contributed by atoms with van der Waals surface area (Å²) in [6.07, 6.45) is 3.72. The lowest BCUT2D eigenvalue weighted by molar-refractivity contribution is -0.149. The van der Waals surface area contributed by atoms with Crippen LogP contribution in [0.4, 0.5) is 0 Å². The van der Waals surface area contributed by atoms with E-state index in [0.717, 1.165) is 25.7 Å². The lowest BCUT2D eigenvalue weighted by Crippen LogP contribution is -2.44. The van der Waals surface area contributed by atoms with Crippen molar-refractivity contribution in [1.82, 2.24) is 4.90 Å². The number of hydrogen-bond donors (Lipinski definition) is 1. The maximum Gasteiger partial charge on any atom is 0.326 e. The van der Waals surface area contributed by atoms with Gasteiger partial charge >= 0.3 is 5.97 Å². The number of nitrogens with zero attached hydrogens (tertiary/aromatic N) is 1. The molecule has 1 amide bonds. The number of thioether (sulfide) groups is 1. The van der Waals surface area contributed by atoms with Crippen LogP contribution in [0.2, 0.25) is 0 Å². The van der Waals surface area contributed by atoms with Crippen molar-refractivity contribution >= 4 is 28.8 Å². The molecule has 1 aromatic carbocycles. The highest BCUT2D eigenvalue weighted by Gasteiger charge is 2.42. The monoisotopic (exact) mass is 347 g/mol. The number of aliphatic carboxylic acids is 1. The number of carboxylic acid groups (broad SMARTS) is 1. The molecule has 3 rings (SSSR count). The van der Waals surface area contributed by atoms with Crippen LogP contribution in [-0.4, -0.2) is 44.8 Å². The van der Waals surface area contributed by atoms with Gasteiger partial charge in [-0.1, -0.05) is 48.5 Å². The van der Waals surface area contributed by atoms with E-state index in [-0.39, 0.29) is 22.2 Å². The maximum absolute atomic E-state index is 12.8. The van der Waals surface area contributed by atoms with Crippen LogP contribution in [0, 0.1) is 5.92 Å². The molecule has 128 valence electrons. The molecule has 1 saturated carbocycles. The van der Waals surface area contributed by atoms with E-state index in [9.17, 15) is 19.5 Å². The van der Waals surface area contributed by atoms with Crippen molar-refractivity contribution in [2.45, 2.75) is 43.4 Å². The molecule has 2 fully saturated rings. The van der Waals surface area contributed by atoms with Crippen LogP contribution in [0.1, 0.15) is 42.5 Å². The molecule has 1 aliphatic heterocycles. The van der Waals surface area contributed by atoms with Gasteiger partial charge in [-0.05, 0) is 25.7 Å². The first-order valence-electron chi connectivity index (χ1n) is 8.37. The molecule has 0 unspecified atom stereocenters. The van der Waals surface area contributed by atoms with E-state index in [1.54, 1.807) is 12.1 Å². The smallest absolute Gasteiger partial charge is 0.326 e. The Balaban J connectivity index is 1.68. The summed E-state index contributed by atoms with van der Waals surface area (Å²) in [6, 6.07) is 8.38. The van der Waals surface area contributed by atoms with Crippen molar-refractivity contribution in [1.29, 1.82) is 0 Å². The van der Waals surface area contributed by atoms with E-state index >= 15 is 0 Å². The highest BCUT2D eigenvalue weighted by atomic mass is 32.2. The van der Waals surface area contributed by atoms with Gasteiger partial charge in [0, 0.05) is 17.4 Å². The number of amides is 1. The van der Waals surface area contributed by atoms with Gasteiger partial charge in [-0.15, -0.1) is 0 Å². The number of carbonyl (C=O) groups excluding carboxylic acids is 2. The van der Waals surface area contributed by atoms with Crippen molar-refractivity contribution in [3.05, 3.63) is 35.9 Å². The predicted molar refractivity (Wildman–Crippen MR) is 91.9 cm³/mol. The van der Waals surface area contributed by atoms with Gasteiger partial charge in [0.25, 0.3) is 0 Å². The van der Waals surface area contributed by atoms with Gasteiger partial charge in [-0.25, -0.2) is 4.79 Å². The van der Waals surface area contributed by atoms with Gasteiger partial charge in [-0.2, -0.15) is 0 Å². The van der Waals surface area contributed by atoms with Gasteiger partial charge in [0.2, 0.25) is 11.0 Å². The molecule has 6 heteroatoms. The van der Waals surface area contributed by atoms with E-state index in [1.807, 2.05) is 18.2 Å². The predicted octanol–water partition coefficient (Wildman–Crippen LogP) is 2.80. The first-order chi connectivity index (χ1) is 11.6. The summed E-state index contributed by atoms with van der Waals surface area (Å²) in [6.45, 7) is 0.510. The summed E-state index contributed by atoms with van der Waals surface area (Å²) < 4.78 is 0. The lowest BCUT2D eigenvalue weighted by Gasteiger charge is -2.27. The SMILES string of the molecule is O=C(S[C@@H]1CCC[C@@H]1C(=O)N1CCC[C@H]1C(=O)O)c1ccccc1. The van der Waals surface area contributed by atoms with E-state index in [2.05, 4.69) is 0 Å². The lowest BCUT2D eigenvalue weighted by atomic mass is 10.1. The molecule has 1 aliphatic carbocycles. The Morgan fingerprint density at radius 1 is 1.04 bits per heavy atom. The molecule has 3 atom stereocenters. The Hall–Kier alpha value is -1.82. The van der Waals surface area contributed by atoms with E-state index in [1.165, 1.54) is 16.7 Å². The molecule has 24 heavy (non-hydrogen) atoms. The fourth-order valence-electron chi connectivity index (χ4n) is 3.63. The summed E-state index contributed by atoms with van der Waals surface area (Å²) in [5.74, 6) is -1.26. The second-order valence-electron chi connectivity index (χ2n) is 6.38. The van der Waals surface area contributed by atoms with Crippen molar-refractivity contribution < 1.29 is 19.5 Å². The van der Waals surface area contributed by atoms with Crippen molar-refractivity contribution in [2.75, 3.05) is 6.54 Å². The quantitative estimate of drug-likeness (QED) is 0.906. The zero-order valence-corrected chi connectivity index (χ0v) is 14.2. The second kappa shape index (κ2) is 7.38. The topological polar surface area (TPSA) is 74.7 Å². The number of benzene rings is 1. The minimum absolute atomic E-state index is 0.0171. The molecule has 0 radical (unpaired) electrons. The average Bonchev–Trinajstić information content (AvgIpc) is 3.24. The molecular weight excluding hydrogens is 326 g/mol. The first kappa shape index (κ1) is 17.0. The van der Waals surface area contributed by atoms with Crippen molar-refractivity contribution in [2.24, 2.45) is 5.92 Å². The van der Waals surface area contributed by atoms with Gasteiger partial charge in [0.05, 0.1) is 5.92 Å². The Bertz CT molecular complexity index is 633. The Morgan fingerprint density at radius 2 is 1.79 bits per heavy atom. The molecule has 0 spiro atoms. The number of likely N-dealkylation sites (tertiary alicyclic amines) is 1. The standard InChI is InChI=1S/C18H21NO4S/c20-16(19-11-5-9-14(19)17(21)22)13-8-4-10-15(13)24-18(23)12-6-2-1-3-7-12/h1-3,6-7,13-15H,4-5,8-11H2,(H,21,22)/t13-,14-,15+/m0/s1. The van der Waals surface area contributed by atoms with Gasteiger partial charge in [0.15, 0.2) is 0 Å². The maximum atomic E-state index is 12.8. The van der Waals surface area contributed by atoms with Crippen LogP contribution in [0.25, 0.3) is 0 Å². The Morgan fingerprint density at radius 3 is 2.50 bits per heavy atom. The zero-order valence-electron chi connectivity index (χ0n) is 13.4. The van der Waals surface area contributed by atoms with Crippen LogP contribution in [0.3, 0.4) is 0 Å². The van der Waals surface area contributed by atoms with E-state index in [4.69, 9.17) is 0 Å². The molecule has 1 saturated heterocycles. The van der Waals surface area contributed by atoms with Crippen LogP contribution in [0.15, 0.2) is 30.3 Å². The Labute approximate surface area is 145 Å². The number of carboxylic acids is 1. The molecule has 1 heterocycles. The van der Waals surface area contributed by atoms with Gasteiger partial charge in [-0.3, -0.25) is 9.59 Å². The summed E-state index contributed by atoms with van der Waals surface area (Å²) in [7, 11) is 0. The van der Waals surface area contributed by atoms with E-state index < -0.39 is 12.0 Å². The molecule has 2 aliphatic rings. The third-order valence-electron chi connectivity index (χ3n) is 4.86. The zero-order chi connectivity index (χ0) is 17.1. The summed E-state index contributed by atoms with van der Waals surface area (Å²) in [5, 5.41) is 9.21. The fraction of sp³-hybridized carbons (Fsp3) is 0.500. The molecule has 1 N–H and O–H groups in total. The van der Waals surface area contributed by atoms with Crippen LogP contribution in [0.5, 0.6) is 0 Å². The van der Waals surface area contributed by atoms with E-state index in [0.29, 0.717) is 18.5 Å². The number of hydrogen-bond acceptors (Lipinski definition) is 4. The normalized spacial score (nSPS) is 26.5. The Kier molecular flexibility index (Phi) is 5.23. The minimum Gasteiger partial charge on any atom is -0.480 e. The third-order valence-corrected chi connectivity index (χ3v) is 6.18. The molecule has 0 aromatic heterocycles. The molecule has 0 bridgehead atoms. The highest BCUT2D eigenvalue weighted by molar-refractivity contribution is 8.14. The summed E-state index contributed by atoms with van der Waals surface area (Å²) in [5.41, 5.74) is 0.644. The summed E-state index contributed by atoms with van der Waals surface area (Å²) >= 11 is 1.23. The largest absolute Gasteiger partial charge is 0.480 e. The molecular formula is C18H21NO4S. The van der Waals surface area contributed by atoms with Crippen molar-refractivity contribution in [3.63, 3.8) is 0 Å². The van der Waals surface area contributed by atoms with Crippen LogP contribution >= 0.6 is 11.8 Å². The van der Waals surface area contributed by atoms with Crippen LogP contribution < -0.4 is 0 Å². The minimum atomic E-state index is -0.927. The fourth-order valence-corrected chi connectivity index (χ4v) is 4.88. The average molecular weight is 347 g/mol. The van der Waals surface area contributed by atoms with Gasteiger partial charge in [0.1, 0.15) is 6.04 Å². The highest BCUT2D eigenvalue weighted by Crippen LogP contribution is 2.38. The molecule has 1 aromatic rings. The third kappa shape index (κ3) is 3.48. The number of rotatable bonds is 4. The second-order valence-corrected chi connectivity index (χ2v) is 7.59. The number of carbonyl (C=O) groups is 3. The van der Waals surface area contributed by atoms with Crippen molar-refractivity contribution in [3.8, 4) is 0 Å².